The van der Waals surface area contributed by atoms with E-state index in [1.54, 1.807) is 13.0 Å². The summed E-state index contributed by atoms with van der Waals surface area (Å²) in [6.45, 7) is 3.58. The van der Waals surface area contributed by atoms with Gasteiger partial charge in [0.25, 0.3) is 11.2 Å². The van der Waals surface area contributed by atoms with E-state index in [0.717, 1.165) is 18.4 Å². The van der Waals surface area contributed by atoms with E-state index in [9.17, 15) is 19.7 Å². The van der Waals surface area contributed by atoms with Gasteiger partial charge in [0, 0.05) is 23.1 Å². The Morgan fingerprint density at radius 2 is 2.05 bits per heavy atom. The molecule has 3 aromatic rings. The molecule has 0 spiro atoms. The number of carboxylic acid groups (broad SMARTS) is 1. The van der Waals surface area contributed by atoms with E-state index in [1.807, 2.05) is 6.92 Å². The lowest BCUT2D eigenvalue weighted by atomic mass is 9.91. The van der Waals surface area contributed by atoms with Crippen LogP contribution in [0.4, 0.5) is 22.0 Å². The molecule has 1 aromatic carbocycles. The number of rotatable bonds is 9. The number of H-pyrrole nitrogens is 1. The van der Waals surface area contributed by atoms with E-state index < -0.39 is 16.6 Å². The number of nitro groups is 1. The van der Waals surface area contributed by atoms with Crippen molar-refractivity contribution in [1.29, 1.82) is 0 Å². The summed E-state index contributed by atoms with van der Waals surface area (Å²) in [5, 5.41) is 23.6. The molecule has 3 N–H and O–H groups in total. The van der Waals surface area contributed by atoms with Gasteiger partial charge in [-0.2, -0.15) is 0 Å². The maximum Gasteiger partial charge on any atom is 0.511 e. The number of aryl methyl sites for hydroxylation is 2. The Morgan fingerprint density at radius 3 is 2.68 bits per heavy atom. The van der Waals surface area contributed by atoms with Crippen molar-refractivity contribution in [3.05, 3.63) is 72.4 Å². The number of methoxy groups -OCH3 is 1. The molecule has 0 bridgehead atoms. The smallest absolute Gasteiger partial charge is 0.481 e. The van der Waals surface area contributed by atoms with Crippen LogP contribution in [0.5, 0.6) is 11.6 Å². The molecule has 2 heterocycles. The number of nitro benzene ring substituents is 1. The fraction of sp³-hybridized carbons (Fsp3) is 0.333. The number of nitrogens with zero attached hydrogens (tertiary/aromatic N) is 3. The molecule has 0 amide bonds. The molecular weight excluding hydrogens is 506 g/mol. The zero-order chi connectivity index (χ0) is 26.9. The summed E-state index contributed by atoms with van der Waals surface area (Å²) in [6.07, 6.45) is 0.287. The van der Waals surface area contributed by atoms with Gasteiger partial charge in [0.2, 0.25) is 5.88 Å². The fourth-order valence-corrected chi connectivity index (χ4v) is 4.50. The molecular formula is C24H24ClN5O7. The van der Waals surface area contributed by atoms with Crippen molar-refractivity contribution in [2.75, 3.05) is 12.4 Å². The lowest BCUT2D eigenvalue weighted by molar-refractivity contribution is -0.385. The maximum atomic E-state index is 13.0. The quantitative estimate of drug-likeness (QED) is 0.150. The van der Waals surface area contributed by atoms with Crippen molar-refractivity contribution in [1.82, 2.24) is 15.0 Å². The molecule has 1 saturated carbocycles. The topological polar surface area (TPSA) is 170 Å². The van der Waals surface area contributed by atoms with Gasteiger partial charge >= 0.3 is 6.16 Å². The minimum atomic E-state index is -1.53. The molecule has 1 unspecified atom stereocenters. The first-order chi connectivity index (χ1) is 17.6. The molecule has 1 atom stereocenters. The Morgan fingerprint density at radius 1 is 1.32 bits per heavy atom. The third-order valence-corrected chi connectivity index (χ3v) is 6.44. The molecule has 1 aliphatic carbocycles. The normalized spacial score (nSPS) is 13.6. The number of halogens is 1. The Labute approximate surface area is 215 Å². The second-order valence-electron chi connectivity index (χ2n) is 8.76. The predicted octanol–water partition coefficient (Wildman–Crippen LogP) is 4.89. The Bertz CT molecular complexity index is 1440. The Kier molecular flexibility index (Phi) is 7.30. The first-order valence-corrected chi connectivity index (χ1v) is 11.7. The Hall–Kier alpha value is -4.19. The summed E-state index contributed by atoms with van der Waals surface area (Å²) in [5.41, 5.74) is 1.83. The van der Waals surface area contributed by atoms with Gasteiger partial charge in [-0.3, -0.25) is 14.9 Å². The standard InChI is InChI=1S/C24H24ClN5O7/c1-11-8-17(12(2)26-23(11)36-3)27-21-22(31)28-19(20(25)29-21)16(13-4-5-13)10-14-9-15(37-24(32)33)6-7-18(14)30(34)35/h6-9,13,16H,4-5,10H2,1-3H3,(H,27,29)(H,28,31)(H,32,33). The van der Waals surface area contributed by atoms with Gasteiger partial charge in [-0.15, -0.1) is 0 Å². The van der Waals surface area contributed by atoms with Crippen LogP contribution in [0.15, 0.2) is 29.1 Å². The van der Waals surface area contributed by atoms with Gasteiger partial charge in [0.05, 0.1) is 29.1 Å². The molecule has 4 rings (SSSR count). The zero-order valence-electron chi connectivity index (χ0n) is 20.2. The van der Waals surface area contributed by atoms with E-state index in [4.69, 9.17) is 21.4 Å². The number of ether oxygens (including phenoxy) is 2. The van der Waals surface area contributed by atoms with Gasteiger partial charge < -0.3 is 24.9 Å². The zero-order valence-corrected chi connectivity index (χ0v) is 21.0. The van der Waals surface area contributed by atoms with Crippen molar-refractivity contribution < 1.29 is 24.3 Å². The molecule has 37 heavy (non-hydrogen) atoms. The molecule has 13 heteroatoms. The van der Waals surface area contributed by atoms with Crippen LogP contribution in [0.25, 0.3) is 0 Å². The van der Waals surface area contributed by atoms with E-state index in [0.29, 0.717) is 23.0 Å². The molecule has 1 aliphatic rings. The first-order valence-electron chi connectivity index (χ1n) is 11.3. The largest absolute Gasteiger partial charge is 0.511 e. The van der Waals surface area contributed by atoms with Crippen LogP contribution in [0.1, 0.15) is 41.3 Å². The Balaban J connectivity index is 1.67. The summed E-state index contributed by atoms with van der Waals surface area (Å²) in [4.78, 5) is 46.4. The third-order valence-electron chi connectivity index (χ3n) is 6.15. The molecule has 2 aromatic heterocycles. The van der Waals surface area contributed by atoms with Gasteiger partial charge in [-0.25, -0.2) is 14.8 Å². The first kappa shape index (κ1) is 25.9. The van der Waals surface area contributed by atoms with E-state index in [1.165, 1.54) is 25.3 Å². The minimum Gasteiger partial charge on any atom is -0.481 e. The van der Waals surface area contributed by atoms with Crippen molar-refractivity contribution in [3.8, 4) is 11.6 Å². The number of carbonyl (C=O) groups is 1. The van der Waals surface area contributed by atoms with Crippen LogP contribution in [0.2, 0.25) is 5.15 Å². The molecule has 12 nitrogen and oxygen atoms in total. The highest BCUT2D eigenvalue weighted by molar-refractivity contribution is 6.30. The summed E-state index contributed by atoms with van der Waals surface area (Å²) in [6, 6.07) is 5.51. The molecule has 0 aliphatic heterocycles. The average molecular weight is 530 g/mol. The average Bonchev–Trinajstić information content (AvgIpc) is 3.67. The number of hydrogen-bond donors (Lipinski definition) is 3. The van der Waals surface area contributed by atoms with Gasteiger partial charge in [0.1, 0.15) is 5.75 Å². The van der Waals surface area contributed by atoms with E-state index in [2.05, 4.69) is 25.0 Å². The van der Waals surface area contributed by atoms with Crippen LogP contribution >= 0.6 is 11.6 Å². The van der Waals surface area contributed by atoms with Crippen molar-refractivity contribution in [2.45, 2.75) is 39.0 Å². The molecule has 1 fully saturated rings. The second-order valence-corrected chi connectivity index (χ2v) is 9.11. The minimum absolute atomic E-state index is 0.0272. The lowest BCUT2D eigenvalue weighted by Crippen LogP contribution is -2.20. The summed E-state index contributed by atoms with van der Waals surface area (Å²) < 4.78 is 9.90. The van der Waals surface area contributed by atoms with Crippen LogP contribution in [0, 0.1) is 29.9 Å². The lowest BCUT2D eigenvalue weighted by Gasteiger charge is -2.19. The van der Waals surface area contributed by atoms with Crippen molar-refractivity contribution >= 4 is 34.9 Å². The molecule has 0 saturated heterocycles. The maximum absolute atomic E-state index is 13.0. The molecule has 194 valence electrons. The van der Waals surface area contributed by atoms with Crippen LogP contribution in [0.3, 0.4) is 0 Å². The number of pyridine rings is 1. The highest BCUT2D eigenvalue weighted by Gasteiger charge is 2.36. The van der Waals surface area contributed by atoms with Gasteiger partial charge in [-0.1, -0.05) is 11.6 Å². The SMILES string of the molecule is COc1nc(C)c(Nc2nc(Cl)c(C(Cc3cc(OC(=O)O)ccc3[N+](=O)[O-])C3CC3)[nH]c2=O)cc1C. The van der Waals surface area contributed by atoms with Crippen molar-refractivity contribution in [3.63, 3.8) is 0 Å². The molecule has 0 radical (unpaired) electrons. The second kappa shape index (κ2) is 10.4. The van der Waals surface area contributed by atoms with Crippen LogP contribution in [-0.2, 0) is 6.42 Å². The fourth-order valence-electron chi connectivity index (χ4n) is 4.22. The number of aromatic amines is 1. The van der Waals surface area contributed by atoms with E-state index >= 15 is 0 Å². The summed E-state index contributed by atoms with van der Waals surface area (Å²) in [7, 11) is 1.52. The van der Waals surface area contributed by atoms with Crippen molar-refractivity contribution in [2.24, 2.45) is 5.92 Å². The van der Waals surface area contributed by atoms with Gasteiger partial charge in [0.15, 0.2) is 11.0 Å². The summed E-state index contributed by atoms with van der Waals surface area (Å²) >= 11 is 6.53. The van der Waals surface area contributed by atoms with E-state index in [-0.39, 0.29) is 46.2 Å². The highest BCUT2D eigenvalue weighted by atomic mass is 35.5. The van der Waals surface area contributed by atoms with Crippen LogP contribution in [-0.4, -0.2) is 38.2 Å². The highest BCUT2D eigenvalue weighted by Crippen LogP contribution is 2.46. The van der Waals surface area contributed by atoms with Gasteiger partial charge in [-0.05, 0) is 57.2 Å². The number of hydrogen-bond acceptors (Lipinski definition) is 9. The number of anilines is 2. The third kappa shape index (κ3) is 5.80. The monoisotopic (exact) mass is 529 g/mol. The number of aromatic nitrogens is 3. The summed E-state index contributed by atoms with van der Waals surface area (Å²) in [5.74, 6) is 0.136. The number of nitrogens with one attached hydrogen (secondary N) is 2. The number of benzene rings is 1. The van der Waals surface area contributed by atoms with Crippen LogP contribution < -0.4 is 20.3 Å². The predicted molar refractivity (Wildman–Crippen MR) is 134 cm³/mol.